The van der Waals surface area contributed by atoms with Gasteiger partial charge in [0.25, 0.3) is 0 Å². The zero-order chi connectivity index (χ0) is 8.72. The zero-order valence-corrected chi connectivity index (χ0v) is 14.7. The van der Waals surface area contributed by atoms with Crippen molar-refractivity contribution < 1.29 is 60.2 Å². The standard InChI is InChI=1S/C12H13.2BrH.Zr/c1-8-6-11-9(2)4-5-10(3)12(11)7-8;;;/h4-7H,1-3H3;2*1H;/q-1;;;+3/p-2. The van der Waals surface area contributed by atoms with E-state index >= 15 is 0 Å². The van der Waals surface area contributed by atoms with E-state index in [2.05, 4.69) is 45.0 Å². The van der Waals surface area contributed by atoms with Crippen LogP contribution >= 0.6 is 0 Å². The fourth-order valence-corrected chi connectivity index (χ4v) is 1.73. The van der Waals surface area contributed by atoms with Gasteiger partial charge >= 0.3 is 26.2 Å². The SMILES string of the molecule is Cc1cc2c(C)ccc(C)c2[cH-]1.[Br-].[Br-].[Zr+3]. The summed E-state index contributed by atoms with van der Waals surface area (Å²) in [6.45, 7) is 6.49. The van der Waals surface area contributed by atoms with Gasteiger partial charge in [0.05, 0.1) is 0 Å². The predicted octanol–water partition coefficient (Wildman–Crippen LogP) is -2.51. The normalized spacial score (nSPS) is 8.73. The second kappa shape index (κ2) is 7.09. The van der Waals surface area contributed by atoms with Crippen LogP contribution in [-0.2, 0) is 26.2 Å². The van der Waals surface area contributed by atoms with Crippen molar-refractivity contribution in [2.75, 3.05) is 0 Å². The average Bonchev–Trinajstić information content (AvgIpc) is 2.41. The van der Waals surface area contributed by atoms with E-state index in [9.17, 15) is 0 Å². The molecule has 0 aliphatic carbocycles. The molecule has 0 nitrogen and oxygen atoms in total. The van der Waals surface area contributed by atoms with Gasteiger partial charge in [-0.2, -0.15) is 6.07 Å². The Kier molecular flexibility index (Phi) is 8.53. The summed E-state index contributed by atoms with van der Waals surface area (Å²) in [5.74, 6) is 0. The van der Waals surface area contributed by atoms with Gasteiger partial charge in [-0.1, -0.05) is 25.5 Å². The fraction of sp³-hybridized carbons (Fsp3) is 0.250. The molecule has 3 heteroatoms. The maximum absolute atomic E-state index is 2.26. The van der Waals surface area contributed by atoms with Crippen molar-refractivity contribution in [2.24, 2.45) is 0 Å². The first-order chi connectivity index (χ1) is 5.68. The van der Waals surface area contributed by atoms with E-state index in [4.69, 9.17) is 0 Å². The first-order valence-corrected chi connectivity index (χ1v) is 4.32. The first-order valence-electron chi connectivity index (χ1n) is 4.32. The van der Waals surface area contributed by atoms with Crippen LogP contribution in [0.25, 0.3) is 10.8 Å². The second-order valence-electron chi connectivity index (χ2n) is 3.56. The Hall–Kier alpha value is 0.673. The van der Waals surface area contributed by atoms with Crippen molar-refractivity contribution in [3.05, 3.63) is 41.0 Å². The second-order valence-corrected chi connectivity index (χ2v) is 3.56. The molecule has 0 spiro atoms. The van der Waals surface area contributed by atoms with Crippen LogP contribution < -0.4 is 34.0 Å². The van der Waals surface area contributed by atoms with Crippen LogP contribution in [0, 0.1) is 20.8 Å². The van der Waals surface area contributed by atoms with Crippen molar-refractivity contribution in [1.82, 2.24) is 0 Å². The molecule has 0 N–H and O–H groups in total. The number of fused-ring (bicyclic) bond motifs is 1. The van der Waals surface area contributed by atoms with Crippen molar-refractivity contribution in [3.63, 3.8) is 0 Å². The molecule has 0 aliphatic rings. The molecule has 2 aromatic carbocycles. The van der Waals surface area contributed by atoms with E-state index in [-0.39, 0.29) is 60.2 Å². The molecule has 15 heavy (non-hydrogen) atoms. The summed E-state index contributed by atoms with van der Waals surface area (Å²) in [5, 5.41) is 2.82. The number of aryl methyl sites for hydroxylation is 3. The van der Waals surface area contributed by atoms with Crippen LogP contribution in [0.3, 0.4) is 0 Å². The predicted molar refractivity (Wildman–Crippen MR) is 53.8 cm³/mol. The molecule has 1 radical (unpaired) electrons. The quantitative estimate of drug-likeness (QED) is 0.423. The monoisotopic (exact) mass is 405 g/mol. The summed E-state index contributed by atoms with van der Waals surface area (Å²) in [6, 6.07) is 8.91. The molecule has 2 aromatic rings. The summed E-state index contributed by atoms with van der Waals surface area (Å²) in [4.78, 5) is 0. The molecular weight excluding hydrogens is 395 g/mol. The van der Waals surface area contributed by atoms with E-state index in [1.807, 2.05) is 0 Å². The number of halogens is 2. The third-order valence-corrected chi connectivity index (χ3v) is 2.47. The van der Waals surface area contributed by atoms with Crippen molar-refractivity contribution in [3.8, 4) is 0 Å². The number of benzene rings is 1. The molecule has 0 bridgehead atoms. The molecular formula is C12H13Br2Zr. The van der Waals surface area contributed by atoms with E-state index in [0.717, 1.165) is 0 Å². The van der Waals surface area contributed by atoms with Crippen LogP contribution in [0.15, 0.2) is 24.3 Å². The van der Waals surface area contributed by atoms with Crippen LogP contribution in [0.1, 0.15) is 16.7 Å². The van der Waals surface area contributed by atoms with E-state index in [1.54, 1.807) is 0 Å². The first kappa shape index (κ1) is 18.0. The molecule has 0 unspecified atom stereocenters. The van der Waals surface area contributed by atoms with E-state index in [1.165, 1.54) is 27.5 Å². The van der Waals surface area contributed by atoms with Gasteiger partial charge in [-0.3, -0.25) is 0 Å². The Morgan fingerprint density at radius 3 is 2.00 bits per heavy atom. The van der Waals surface area contributed by atoms with E-state index in [0.29, 0.717) is 0 Å². The molecule has 2 rings (SSSR count). The van der Waals surface area contributed by atoms with Gasteiger partial charge in [0.1, 0.15) is 0 Å². The number of rotatable bonds is 0. The molecule has 0 aromatic heterocycles. The third-order valence-electron chi connectivity index (χ3n) is 2.47. The number of hydrogen-bond acceptors (Lipinski definition) is 0. The fourth-order valence-electron chi connectivity index (χ4n) is 1.73. The summed E-state index contributed by atoms with van der Waals surface area (Å²) in [5.41, 5.74) is 4.12. The summed E-state index contributed by atoms with van der Waals surface area (Å²) >= 11 is 0. The van der Waals surface area contributed by atoms with Crippen LogP contribution in [0.5, 0.6) is 0 Å². The van der Waals surface area contributed by atoms with Gasteiger partial charge in [-0.25, -0.2) is 0 Å². The minimum Gasteiger partial charge on any atom is -1.00 e. The summed E-state index contributed by atoms with van der Waals surface area (Å²) in [6.07, 6.45) is 0. The molecule has 0 fully saturated rings. The summed E-state index contributed by atoms with van der Waals surface area (Å²) < 4.78 is 0. The molecule has 79 valence electrons. The van der Waals surface area contributed by atoms with Crippen LogP contribution in [0.4, 0.5) is 0 Å². The molecule has 0 heterocycles. The van der Waals surface area contributed by atoms with Crippen molar-refractivity contribution in [1.29, 1.82) is 0 Å². The molecule has 0 amide bonds. The Bertz CT molecular complexity index is 393. The molecule has 0 saturated carbocycles. The maximum Gasteiger partial charge on any atom is 3.00 e. The van der Waals surface area contributed by atoms with Crippen LogP contribution in [-0.4, -0.2) is 0 Å². The summed E-state index contributed by atoms with van der Waals surface area (Å²) in [7, 11) is 0. The average molecular weight is 408 g/mol. The third kappa shape index (κ3) is 3.58. The Morgan fingerprint density at radius 1 is 0.933 bits per heavy atom. The Labute approximate surface area is 131 Å². The topological polar surface area (TPSA) is 0 Å². The molecule has 0 saturated heterocycles. The van der Waals surface area contributed by atoms with Gasteiger partial charge in [-0.05, 0) is 6.92 Å². The van der Waals surface area contributed by atoms with Gasteiger partial charge in [-0.15, -0.1) is 34.0 Å². The molecule has 0 aliphatic heterocycles. The molecule has 0 atom stereocenters. The Morgan fingerprint density at radius 2 is 1.47 bits per heavy atom. The van der Waals surface area contributed by atoms with Crippen molar-refractivity contribution >= 4 is 10.8 Å². The Balaban J connectivity index is 0. The largest absolute Gasteiger partial charge is 3.00 e. The minimum atomic E-state index is 0. The zero-order valence-electron chi connectivity index (χ0n) is 9.07. The van der Waals surface area contributed by atoms with Crippen molar-refractivity contribution in [2.45, 2.75) is 20.8 Å². The van der Waals surface area contributed by atoms with Crippen LogP contribution in [0.2, 0.25) is 0 Å². The maximum atomic E-state index is 2.26. The number of hydrogen-bond donors (Lipinski definition) is 0. The van der Waals surface area contributed by atoms with Gasteiger partial charge < -0.3 is 34.0 Å². The van der Waals surface area contributed by atoms with E-state index < -0.39 is 0 Å². The van der Waals surface area contributed by atoms with Gasteiger partial charge in [0.15, 0.2) is 0 Å². The van der Waals surface area contributed by atoms with Gasteiger partial charge in [0.2, 0.25) is 0 Å². The van der Waals surface area contributed by atoms with Gasteiger partial charge in [0, 0.05) is 0 Å². The smallest absolute Gasteiger partial charge is 1.00 e. The minimum absolute atomic E-state index is 0.